The fraction of sp³-hybridized carbons (Fsp3) is 0.152. The second kappa shape index (κ2) is 12.6. The number of imidazole rings is 1. The van der Waals surface area contributed by atoms with Crippen LogP contribution in [0.4, 0.5) is 23.0 Å². The SMILES string of the molecule is O=C(Cc1cccc(Br)c1)Nc1cccc(-c2nc3sccn3c2-c2ccnc(Nc3ccc(N4CCOCC4)cc3)n2)c1. The Kier molecular flexibility index (Phi) is 8.06. The van der Waals surface area contributed by atoms with Gasteiger partial charge in [-0.05, 0) is 60.2 Å². The highest BCUT2D eigenvalue weighted by atomic mass is 79.9. The van der Waals surface area contributed by atoms with E-state index < -0.39 is 0 Å². The lowest BCUT2D eigenvalue weighted by Gasteiger charge is -2.28. The van der Waals surface area contributed by atoms with Crippen molar-refractivity contribution in [3.05, 3.63) is 107 Å². The molecule has 0 spiro atoms. The third-order valence-electron chi connectivity index (χ3n) is 7.33. The number of hydrogen-bond acceptors (Lipinski definition) is 8. The normalized spacial score (nSPS) is 13.2. The molecule has 3 aromatic carbocycles. The first-order chi connectivity index (χ1) is 21.6. The second-order valence-corrected chi connectivity index (χ2v) is 12.1. The quantitative estimate of drug-likeness (QED) is 0.180. The fourth-order valence-corrected chi connectivity index (χ4v) is 6.43. The summed E-state index contributed by atoms with van der Waals surface area (Å²) in [6.07, 6.45) is 4.03. The topological polar surface area (TPSA) is 96.7 Å². The highest BCUT2D eigenvalue weighted by Crippen LogP contribution is 2.35. The molecule has 11 heteroatoms. The van der Waals surface area contributed by atoms with Crippen molar-refractivity contribution in [3.63, 3.8) is 0 Å². The molecular formula is C33H28BrN7O2S. The molecule has 2 N–H and O–H groups in total. The van der Waals surface area contributed by atoms with Gasteiger partial charge in [-0.2, -0.15) is 0 Å². The monoisotopic (exact) mass is 665 g/mol. The Balaban J connectivity index is 1.14. The molecule has 220 valence electrons. The highest BCUT2D eigenvalue weighted by molar-refractivity contribution is 9.10. The summed E-state index contributed by atoms with van der Waals surface area (Å²) >= 11 is 5.03. The first-order valence-electron chi connectivity index (χ1n) is 14.2. The van der Waals surface area contributed by atoms with Crippen molar-refractivity contribution in [2.24, 2.45) is 0 Å². The van der Waals surface area contributed by atoms with Crippen LogP contribution in [-0.2, 0) is 16.0 Å². The number of thiazole rings is 1. The highest BCUT2D eigenvalue weighted by Gasteiger charge is 2.19. The van der Waals surface area contributed by atoms with Crippen molar-refractivity contribution in [1.29, 1.82) is 0 Å². The van der Waals surface area contributed by atoms with Gasteiger partial charge in [0.1, 0.15) is 5.69 Å². The largest absolute Gasteiger partial charge is 0.378 e. The summed E-state index contributed by atoms with van der Waals surface area (Å²) in [5.74, 6) is 0.405. The zero-order valence-corrected chi connectivity index (χ0v) is 26.0. The number of hydrogen-bond donors (Lipinski definition) is 2. The van der Waals surface area contributed by atoms with Gasteiger partial charge in [0.25, 0.3) is 0 Å². The van der Waals surface area contributed by atoms with E-state index in [2.05, 4.69) is 48.6 Å². The molecule has 7 rings (SSSR count). The molecule has 6 aromatic rings. The first kappa shape index (κ1) is 28.2. The number of nitrogens with zero attached hydrogens (tertiary/aromatic N) is 5. The van der Waals surface area contributed by atoms with Gasteiger partial charge < -0.3 is 20.3 Å². The second-order valence-electron chi connectivity index (χ2n) is 10.3. The van der Waals surface area contributed by atoms with Gasteiger partial charge in [0.2, 0.25) is 11.9 Å². The van der Waals surface area contributed by atoms with Gasteiger partial charge in [-0.1, -0.05) is 40.2 Å². The molecular weight excluding hydrogens is 638 g/mol. The van der Waals surface area contributed by atoms with Crippen LogP contribution < -0.4 is 15.5 Å². The number of carbonyl (C=O) groups excluding carboxylic acids is 1. The molecule has 1 amide bonds. The van der Waals surface area contributed by atoms with Crippen LogP contribution in [0.3, 0.4) is 0 Å². The van der Waals surface area contributed by atoms with Gasteiger partial charge in [0.15, 0.2) is 4.96 Å². The third kappa shape index (κ3) is 6.21. The molecule has 44 heavy (non-hydrogen) atoms. The van der Waals surface area contributed by atoms with E-state index in [1.165, 1.54) is 5.69 Å². The van der Waals surface area contributed by atoms with Crippen LogP contribution in [0, 0.1) is 0 Å². The molecule has 1 fully saturated rings. The third-order valence-corrected chi connectivity index (χ3v) is 8.58. The summed E-state index contributed by atoms with van der Waals surface area (Å²) in [4.78, 5) is 30.3. The number of carbonyl (C=O) groups is 1. The number of morpholine rings is 1. The van der Waals surface area contributed by atoms with Gasteiger partial charge in [0.05, 0.1) is 31.0 Å². The maximum absolute atomic E-state index is 12.8. The maximum Gasteiger partial charge on any atom is 0.228 e. The Bertz CT molecular complexity index is 1930. The van der Waals surface area contributed by atoms with E-state index >= 15 is 0 Å². The minimum Gasteiger partial charge on any atom is -0.378 e. The average molecular weight is 667 g/mol. The molecule has 1 aliphatic heterocycles. The number of rotatable bonds is 8. The number of ether oxygens (including phenoxy) is 1. The molecule has 0 atom stereocenters. The van der Waals surface area contributed by atoms with Crippen molar-refractivity contribution in [1.82, 2.24) is 19.4 Å². The van der Waals surface area contributed by atoms with Crippen molar-refractivity contribution in [2.45, 2.75) is 6.42 Å². The number of benzene rings is 3. The number of amides is 1. The van der Waals surface area contributed by atoms with Crippen LogP contribution in [-0.4, -0.2) is 51.6 Å². The van der Waals surface area contributed by atoms with E-state index in [0.717, 1.165) is 69.6 Å². The summed E-state index contributed by atoms with van der Waals surface area (Å²) < 4.78 is 8.46. The number of nitrogens with one attached hydrogen (secondary N) is 2. The Morgan fingerprint density at radius 2 is 1.80 bits per heavy atom. The molecule has 1 saturated heterocycles. The zero-order chi connectivity index (χ0) is 29.9. The van der Waals surface area contributed by atoms with E-state index in [1.54, 1.807) is 17.5 Å². The van der Waals surface area contributed by atoms with Gasteiger partial charge >= 0.3 is 0 Å². The fourth-order valence-electron chi connectivity index (χ4n) is 5.27. The summed E-state index contributed by atoms with van der Waals surface area (Å²) in [6, 6.07) is 25.7. The predicted molar refractivity (Wildman–Crippen MR) is 179 cm³/mol. The molecule has 0 aliphatic carbocycles. The molecule has 1 aliphatic rings. The summed E-state index contributed by atoms with van der Waals surface area (Å²) in [5, 5.41) is 8.39. The lowest BCUT2D eigenvalue weighted by molar-refractivity contribution is -0.115. The Labute approximate surface area is 266 Å². The van der Waals surface area contributed by atoms with E-state index in [-0.39, 0.29) is 12.3 Å². The van der Waals surface area contributed by atoms with Gasteiger partial charge in [-0.15, -0.1) is 11.3 Å². The van der Waals surface area contributed by atoms with E-state index in [4.69, 9.17) is 14.7 Å². The number of halogens is 1. The van der Waals surface area contributed by atoms with Crippen LogP contribution in [0.2, 0.25) is 0 Å². The van der Waals surface area contributed by atoms with Crippen LogP contribution in [0.1, 0.15) is 5.56 Å². The summed E-state index contributed by atoms with van der Waals surface area (Å²) in [5.41, 5.74) is 6.96. The molecule has 0 radical (unpaired) electrons. The molecule has 0 bridgehead atoms. The van der Waals surface area contributed by atoms with Crippen LogP contribution in [0.15, 0.2) is 101 Å². The minimum atomic E-state index is -0.0872. The van der Waals surface area contributed by atoms with Crippen molar-refractivity contribution >= 4 is 61.1 Å². The van der Waals surface area contributed by atoms with Gasteiger partial charge in [-0.25, -0.2) is 15.0 Å². The van der Waals surface area contributed by atoms with E-state index in [0.29, 0.717) is 11.6 Å². The van der Waals surface area contributed by atoms with Gasteiger partial charge in [0, 0.05) is 58.0 Å². The Hall–Kier alpha value is -4.58. The van der Waals surface area contributed by atoms with Crippen molar-refractivity contribution < 1.29 is 9.53 Å². The van der Waals surface area contributed by atoms with Crippen LogP contribution in [0.5, 0.6) is 0 Å². The lowest BCUT2D eigenvalue weighted by Crippen LogP contribution is -2.36. The molecule has 4 heterocycles. The van der Waals surface area contributed by atoms with Crippen molar-refractivity contribution in [3.8, 4) is 22.6 Å². The average Bonchev–Trinajstić information content (AvgIpc) is 3.64. The standard InChI is InChI=1S/C33H28BrN7O2S/c34-24-5-1-3-22(19-24)20-29(42)36-26-6-2-4-23(21-26)30-31(41-15-18-44-33(41)39-30)28-11-12-35-32(38-28)37-25-7-9-27(10-8-25)40-13-16-43-17-14-40/h1-12,15,18-19,21H,13-14,16-17,20H2,(H,36,42)(H,35,37,38). The van der Waals surface area contributed by atoms with E-state index in [1.807, 2.05) is 82.7 Å². The van der Waals surface area contributed by atoms with E-state index in [9.17, 15) is 4.79 Å². The lowest BCUT2D eigenvalue weighted by atomic mass is 10.1. The maximum atomic E-state index is 12.8. The molecule has 9 nitrogen and oxygen atoms in total. The van der Waals surface area contributed by atoms with Crippen LogP contribution >= 0.6 is 27.3 Å². The smallest absolute Gasteiger partial charge is 0.228 e. The molecule has 0 saturated carbocycles. The number of fused-ring (bicyclic) bond motifs is 1. The van der Waals surface area contributed by atoms with Gasteiger partial charge in [-0.3, -0.25) is 9.20 Å². The van der Waals surface area contributed by atoms with Crippen LogP contribution in [0.25, 0.3) is 27.6 Å². The zero-order valence-electron chi connectivity index (χ0n) is 23.6. The molecule has 3 aromatic heterocycles. The minimum absolute atomic E-state index is 0.0872. The predicted octanol–water partition coefficient (Wildman–Crippen LogP) is 7.04. The number of anilines is 4. The Morgan fingerprint density at radius 3 is 2.64 bits per heavy atom. The summed E-state index contributed by atoms with van der Waals surface area (Å²) in [6.45, 7) is 3.29. The Morgan fingerprint density at radius 1 is 0.955 bits per heavy atom. The molecule has 0 unspecified atom stereocenters. The first-order valence-corrected chi connectivity index (χ1v) is 15.9. The number of aromatic nitrogens is 4. The summed E-state index contributed by atoms with van der Waals surface area (Å²) in [7, 11) is 0. The van der Waals surface area contributed by atoms with Crippen molar-refractivity contribution in [2.75, 3.05) is 41.8 Å².